The average molecular weight is 503 g/mol. The number of ether oxygens (including phenoxy) is 2. The average Bonchev–Trinajstić information content (AvgIpc) is 2.87. The normalized spacial score (nSPS) is 10.8. The number of hydrogen-bond acceptors (Lipinski definition) is 6. The SMILES string of the molecule is COc1ccc(-c2cc3ccccc3oc2=O)cc1NC(=S)NC(=O)c1cccc(OCC(C)C)c1. The van der Waals surface area contributed by atoms with Gasteiger partial charge in [0.2, 0.25) is 0 Å². The first-order chi connectivity index (χ1) is 17.3. The highest BCUT2D eigenvalue weighted by molar-refractivity contribution is 7.80. The van der Waals surface area contributed by atoms with Crippen molar-refractivity contribution < 1.29 is 18.7 Å². The lowest BCUT2D eigenvalue weighted by Crippen LogP contribution is -2.34. The van der Waals surface area contributed by atoms with Crippen LogP contribution in [-0.4, -0.2) is 24.7 Å². The third-order valence-corrected chi connectivity index (χ3v) is 5.51. The summed E-state index contributed by atoms with van der Waals surface area (Å²) in [5, 5.41) is 6.55. The van der Waals surface area contributed by atoms with E-state index in [2.05, 4.69) is 24.5 Å². The Morgan fingerprint density at radius 2 is 1.83 bits per heavy atom. The van der Waals surface area contributed by atoms with Crippen LogP contribution in [0.25, 0.3) is 22.1 Å². The molecule has 0 fully saturated rings. The zero-order valence-corrected chi connectivity index (χ0v) is 21.0. The second-order valence-electron chi connectivity index (χ2n) is 8.54. The molecule has 7 nitrogen and oxygen atoms in total. The third kappa shape index (κ3) is 5.90. The van der Waals surface area contributed by atoms with Gasteiger partial charge in [-0.3, -0.25) is 10.1 Å². The van der Waals surface area contributed by atoms with E-state index < -0.39 is 5.63 Å². The van der Waals surface area contributed by atoms with Crippen LogP contribution < -0.4 is 25.7 Å². The molecule has 1 amide bonds. The molecule has 1 heterocycles. The molecule has 4 aromatic rings. The van der Waals surface area contributed by atoms with Crippen molar-refractivity contribution in [2.75, 3.05) is 19.0 Å². The second kappa shape index (κ2) is 11.0. The molecule has 0 aliphatic heterocycles. The molecule has 0 radical (unpaired) electrons. The quantitative estimate of drug-likeness (QED) is 0.250. The fourth-order valence-electron chi connectivity index (χ4n) is 3.56. The summed E-state index contributed by atoms with van der Waals surface area (Å²) in [5.41, 5.74) is 1.97. The van der Waals surface area contributed by atoms with Crippen molar-refractivity contribution in [3.05, 3.63) is 88.8 Å². The van der Waals surface area contributed by atoms with Crippen molar-refractivity contribution in [1.29, 1.82) is 0 Å². The van der Waals surface area contributed by atoms with Gasteiger partial charge >= 0.3 is 5.63 Å². The van der Waals surface area contributed by atoms with Crippen molar-refractivity contribution in [2.45, 2.75) is 13.8 Å². The van der Waals surface area contributed by atoms with Crippen molar-refractivity contribution in [1.82, 2.24) is 5.32 Å². The van der Waals surface area contributed by atoms with Gasteiger partial charge in [0.05, 0.1) is 25.0 Å². The minimum Gasteiger partial charge on any atom is -0.495 e. The molecule has 3 aromatic carbocycles. The molecule has 2 N–H and O–H groups in total. The zero-order chi connectivity index (χ0) is 25.7. The van der Waals surface area contributed by atoms with Crippen LogP contribution in [0.2, 0.25) is 0 Å². The van der Waals surface area contributed by atoms with E-state index in [0.717, 1.165) is 5.39 Å². The number of methoxy groups -OCH3 is 1. The number of carbonyl (C=O) groups excluding carboxylic acids is 1. The van der Waals surface area contributed by atoms with Gasteiger partial charge in [0.1, 0.15) is 17.1 Å². The molecule has 0 spiro atoms. The monoisotopic (exact) mass is 502 g/mol. The van der Waals surface area contributed by atoms with Gasteiger partial charge in [-0.25, -0.2) is 4.79 Å². The molecule has 0 atom stereocenters. The number of anilines is 1. The van der Waals surface area contributed by atoms with E-state index in [-0.39, 0.29) is 11.0 Å². The van der Waals surface area contributed by atoms with E-state index in [1.807, 2.05) is 18.2 Å². The number of amides is 1. The van der Waals surface area contributed by atoms with E-state index in [1.54, 1.807) is 54.6 Å². The minimum absolute atomic E-state index is 0.0782. The Kier molecular flexibility index (Phi) is 7.65. The standard InChI is InChI=1S/C28H26N2O5S/c1-17(2)16-34-21-9-6-8-20(13-21)26(31)30-28(36)29-23-15-18(11-12-25(23)33-3)22-14-19-7-4-5-10-24(19)35-27(22)32/h4-15,17H,16H2,1-3H3,(H2,29,30,31,36). The molecule has 4 rings (SSSR count). The molecular formula is C28H26N2O5S. The largest absolute Gasteiger partial charge is 0.495 e. The van der Waals surface area contributed by atoms with Crippen LogP contribution in [0, 0.1) is 5.92 Å². The fourth-order valence-corrected chi connectivity index (χ4v) is 3.76. The first-order valence-corrected chi connectivity index (χ1v) is 11.8. The van der Waals surface area contributed by atoms with Crippen molar-refractivity contribution in [3.63, 3.8) is 0 Å². The summed E-state index contributed by atoms with van der Waals surface area (Å²) in [6.45, 7) is 4.66. The summed E-state index contributed by atoms with van der Waals surface area (Å²) in [5.74, 6) is 1.09. The van der Waals surface area contributed by atoms with Gasteiger partial charge in [-0.15, -0.1) is 0 Å². The summed E-state index contributed by atoms with van der Waals surface area (Å²) in [4.78, 5) is 25.4. The summed E-state index contributed by atoms with van der Waals surface area (Å²) >= 11 is 5.38. The Bertz CT molecular complexity index is 1480. The number of nitrogens with one attached hydrogen (secondary N) is 2. The number of benzene rings is 3. The summed E-state index contributed by atoms with van der Waals surface area (Å²) < 4.78 is 16.6. The zero-order valence-electron chi connectivity index (χ0n) is 20.2. The lowest BCUT2D eigenvalue weighted by Gasteiger charge is -2.15. The molecule has 0 saturated heterocycles. The third-order valence-electron chi connectivity index (χ3n) is 5.31. The van der Waals surface area contributed by atoms with Crippen LogP contribution in [0.15, 0.2) is 82.0 Å². The van der Waals surface area contributed by atoms with E-state index in [9.17, 15) is 9.59 Å². The number of para-hydroxylation sites is 1. The van der Waals surface area contributed by atoms with E-state index in [4.69, 9.17) is 26.1 Å². The molecule has 8 heteroatoms. The lowest BCUT2D eigenvalue weighted by molar-refractivity contribution is 0.0977. The van der Waals surface area contributed by atoms with Crippen LogP contribution >= 0.6 is 12.2 Å². The predicted molar refractivity (Wildman–Crippen MR) is 145 cm³/mol. The van der Waals surface area contributed by atoms with Gasteiger partial charge in [0.25, 0.3) is 5.91 Å². The minimum atomic E-state index is -0.458. The van der Waals surface area contributed by atoms with Crippen molar-refractivity contribution in [3.8, 4) is 22.6 Å². The van der Waals surface area contributed by atoms with Gasteiger partial charge in [0.15, 0.2) is 5.11 Å². The molecule has 0 aliphatic rings. The van der Waals surface area contributed by atoms with Gasteiger partial charge in [0, 0.05) is 10.9 Å². The number of hydrogen-bond donors (Lipinski definition) is 2. The molecule has 0 saturated carbocycles. The van der Waals surface area contributed by atoms with Gasteiger partial charge < -0.3 is 19.2 Å². The maximum absolute atomic E-state index is 12.8. The Labute approximate surface area is 214 Å². The maximum atomic E-state index is 12.8. The van der Waals surface area contributed by atoms with Gasteiger partial charge in [-0.2, -0.15) is 0 Å². The molecule has 0 unspecified atom stereocenters. The number of carbonyl (C=O) groups is 1. The molecule has 1 aromatic heterocycles. The smallest absolute Gasteiger partial charge is 0.344 e. The van der Waals surface area contributed by atoms with E-state index in [0.29, 0.717) is 52.0 Å². The highest BCUT2D eigenvalue weighted by atomic mass is 32.1. The number of thiocarbonyl (C=S) groups is 1. The molecule has 184 valence electrons. The molecule has 0 bridgehead atoms. The molecule has 36 heavy (non-hydrogen) atoms. The molecular weight excluding hydrogens is 476 g/mol. The maximum Gasteiger partial charge on any atom is 0.344 e. The Hall–Kier alpha value is -4.17. The highest BCUT2D eigenvalue weighted by Crippen LogP contribution is 2.30. The number of rotatable bonds is 7. The second-order valence-corrected chi connectivity index (χ2v) is 8.95. The van der Waals surface area contributed by atoms with Crippen molar-refractivity contribution in [2.24, 2.45) is 5.92 Å². The van der Waals surface area contributed by atoms with Gasteiger partial charge in [-0.1, -0.05) is 44.2 Å². The fraction of sp³-hybridized carbons (Fsp3) is 0.179. The first kappa shape index (κ1) is 24.9. The van der Waals surface area contributed by atoms with Crippen LogP contribution in [0.5, 0.6) is 11.5 Å². The van der Waals surface area contributed by atoms with Crippen LogP contribution in [0.4, 0.5) is 5.69 Å². The lowest BCUT2D eigenvalue weighted by atomic mass is 10.0. The van der Waals surface area contributed by atoms with Crippen LogP contribution in [-0.2, 0) is 0 Å². The topological polar surface area (TPSA) is 89.8 Å². The first-order valence-electron chi connectivity index (χ1n) is 11.4. The summed E-state index contributed by atoms with van der Waals surface area (Å²) in [7, 11) is 1.52. The molecule has 0 aliphatic carbocycles. The summed E-state index contributed by atoms with van der Waals surface area (Å²) in [6, 6.07) is 21.2. The number of fused-ring (bicyclic) bond motifs is 1. The van der Waals surface area contributed by atoms with E-state index >= 15 is 0 Å². The van der Waals surface area contributed by atoms with Gasteiger partial charge in [-0.05, 0) is 66.2 Å². The highest BCUT2D eigenvalue weighted by Gasteiger charge is 2.14. The predicted octanol–water partition coefficient (Wildman–Crippen LogP) is 5.63. The Morgan fingerprint density at radius 1 is 1.03 bits per heavy atom. The van der Waals surface area contributed by atoms with Crippen molar-refractivity contribution >= 4 is 39.9 Å². The Morgan fingerprint density at radius 3 is 2.61 bits per heavy atom. The van der Waals surface area contributed by atoms with Crippen LogP contribution in [0.3, 0.4) is 0 Å². The van der Waals surface area contributed by atoms with Crippen LogP contribution in [0.1, 0.15) is 24.2 Å². The summed E-state index contributed by atoms with van der Waals surface area (Å²) in [6.07, 6.45) is 0. The Balaban J connectivity index is 1.53. The van der Waals surface area contributed by atoms with E-state index in [1.165, 1.54) is 7.11 Å².